The Kier molecular flexibility index (Phi) is 6.49. The number of ether oxygens (including phenoxy) is 3. The van der Waals surface area contributed by atoms with Crippen LogP contribution in [0.15, 0.2) is 48.5 Å². The van der Waals surface area contributed by atoms with Crippen LogP contribution in [-0.4, -0.2) is 26.8 Å². The summed E-state index contributed by atoms with van der Waals surface area (Å²) in [4.78, 5) is 12.0. The Morgan fingerprint density at radius 2 is 1.83 bits per heavy atom. The predicted octanol–water partition coefficient (Wildman–Crippen LogP) is 3.81. The molecule has 0 fully saturated rings. The smallest absolute Gasteiger partial charge is 0.308 e. The molecular formula is C19H23NO4. The summed E-state index contributed by atoms with van der Waals surface area (Å²) in [5, 5.41) is 3.37. The Morgan fingerprint density at radius 3 is 2.46 bits per heavy atom. The van der Waals surface area contributed by atoms with Gasteiger partial charge in [-0.1, -0.05) is 30.3 Å². The fraction of sp³-hybridized carbons (Fsp3) is 0.316. The highest BCUT2D eigenvalue weighted by Gasteiger charge is 2.18. The number of hydrogen-bond acceptors (Lipinski definition) is 5. The molecule has 1 atom stereocenters. The van der Waals surface area contributed by atoms with Gasteiger partial charge in [0.05, 0.1) is 39.0 Å². The third-order valence-electron chi connectivity index (χ3n) is 3.62. The van der Waals surface area contributed by atoms with Gasteiger partial charge in [-0.05, 0) is 24.6 Å². The Bertz CT molecular complexity index is 658. The predicted molar refractivity (Wildman–Crippen MR) is 93.6 cm³/mol. The molecule has 5 heteroatoms. The van der Waals surface area contributed by atoms with Crippen molar-refractivity contribution in [3.63, 3.8) is 0 Å². The van der Waals surface area contributed by atoms with Gasteiger partial charge in [-0.25, -0.2) is 0 Å². The molecule has 0 saturated carbocycles. The SMILES string of the molecule is CCOC(=O)CC(Nc1ccc(OC)cc1OC)c1ccccc1. The molecule has 0 heterocycles. The zero-order valence-electron chi connectivity index (χ0n) is 14.2. The summed E-state index contributed by atoms with van der Waals surface area (Å²) in [5.41, 5.74) is 1.79. The zero-order valence-corrected chi connectivity index (χ0v) is 14.2. The first-order valence-electron chi connectivity index (χ1n) is 7.87. The maximum Gasteiger partial charge on any atom is 0.308 e. The van der Waals surface area contributed by atoms with E-state index in [0.717, 1.165) is 11.3 Å². The summed E-state index contributed by atoms with van der Waals surface area (Å²) in [6.45, 7) is 2.17. The summed E-state index contributed by atoms with van der Waals surface area (Å²) in [7, 11) is 3.21. The first-order chi connectivity index (χ1) is 11.7. The summed E-state index contributed by atoms with van der Waals surface area (Å²) < 4.78 is 15.7. The summed E-state index contributed by atoms with van der Waals surface area (Å²) in [6.07, 6.45) is 0.229. The minimum absolute atomic E-state index is 0.215. The second-order valence-corrected chi connectivity index (χ2v) is 5.18. The normalized spacial score (nSPS) is 11.5. The van der Waals surface area contributed by atoms with Crippen LogP contribution in [0.2, 0.25) is 0 Å². The van der Waals surface area contributed by atoms with Crippen LogP contribution in [0.1, 0.15) is 24.9 Å². The third-order valence-corrected chi connectivity index (χ3v) is 3.62. The Morgan fingerprint density at radius 1 is 1.08 bits per heavy atom. The highest BCUT2D eigenvalue weighted by atomic mass is 16.5. The van der Waals surface area contributed by atoms with E-state index < -0.39 is 0 Å². The molecule has 0 aromatic heterocycles. The van der Waals surface area contributed by atoms with Crippen LogP contribution in [0.25, 0.3) is 0 Å². The number of rotatable bonds is 8. The van der Waals surface area contributed by atoms with Gasteiger partial charge in [0, 0.05) is 6.07 Å². The lowest BCUT2D eigenvalue weighted by Crippen LogP contribution is -2.17. The quantitative estimate of drug-likeness (QED) is 0.746. The molecule has 24 heavy (non-hydrogen) atoms. The van der Waals surface area contributed by atoms with Crippen molar-refractivity contribution in [2.24, 2.45) is 0 Å². The van der Waals surface area contributed by atoms with Crippen molar-refractivity contribution in [3.8, 4) is 11.5 Å². The number of nitrogens with one attached hydrogen (secondary N) is 1. The van der Waals surface area contributed by atoms with Gasteiger partial charge in [-0.2, -0.15) is 0 Å². The highest BCUT2D eigenvalue weighted by molar-refractivity contribution is 5.72. The number of hydrogen-bond donors (Lipinski definition) is 1. The number of anilines is 1. The van der Waals surface area contributed by atoms with Crippen molar-refractivity contribution in [1.29, 1.82) is 0 Å². The molecule has 0 radical (unpaired) electrons. The van der Waals surface area contributed by atoms with E-state index >= 15 is 0 Å². The van der Waals surface area contributed by atoms with Crippen molar-refractivity contribution in [3.05, 3.63) is 54.1 Å². The highest BCUT2D eigenvalue weighted by Crippen LogP contribution is 2.33. The largest absolute Gasteiger partial charge is 0.497 e. The van der Waals surface area contributed by atoms with Crippen LogP contribution < -0.4 is 14.8 Å². The molecule has 0 saturated heterocycles. The van der Waals surface area contributed by atoms with Gasteiger partial charge >= 0.3 is 5.97 Å². The third kappa shape index (κ3) is 4.65. The Balaban J connectivity index is 2.26. The summed E-state index contributed by atoms with van der Waals surface area (Å²) in [6, 6.07) is 15.1. The number of carbonyl (C=O) groups excluding carboxylic acids is 1. The topological polar surface area (TPSA) is 56.8 Å². The zero-order chi connectivity index (χ0) is 17.4. The maximum atomic E-state index is 12.0. The maximum absolute atomic E-state index is 12.0. The average Bonchev–Trinajstić information content (AvgIpc) is 2.62. The van der Waals surface area contributed by atoms with Crippen LogP contribution in [0, 0.1) is 0 Å². The lowest BCUT2D eigenvalue weighted by molar-refractivity contribution is -0.143. The molecule has 0 aliphatic heterocycles. The lowest BCUT2D eigenvalue weighted by atomic mass is 10.0. The van der Waals surface area contributed by atoms with Gasteiger partial charge in [0.15, 0.2) is 0 Å². The van der Waals surface area contributed by atoms with Crippen molar-refractivity contribution >= 4 is 11.7 Å². The van der Waals surface area contributed by atoms with E-state index in [1.54, 1.807) is 27.2 Å². The van der Waals surface area contributed by atoms with E-state index in [0.29, 0.717) is 18.1 Å². The first-order valence-corrected chi connectivity index (χ1v) is 7.87. The van der Waals surface area contributed by atoms with Crippen LogP contribution in [-0.2, 0) is 9.53 Å². The molecule has 2 aromatic rings. The van der Waals surface area contributed by atoms with E-state index in [2.05, 4.69) is 5.32 Å². The molecule has 0 amide bonds. The van der Waals surface area contributed by atoms with Gasteiger partial charge in [0.1, 0.15) is 11.5 Å². The van der Waals surface area contributed by atoms with Gasteiger partial charge in [0.2, 0.25) is 0 Å². The molecule has 1 N–H and O–H groups in total. The molecule has 0 bridgehead atoms. The van der Waals surface area contributed by atoms with Crippen LogP contribution in [0.4, 0.5) is 5.69 Å². The fourth-order valence-corrected chi connectivity index (χ4v) is 2.43. The van der Waals surface area contributed by atoms with E-state index in [4.69, 9.17) is 14.2 Å². The van der Waals surface area contributed by atoms with Gasteiger partial charge < -0.3 is 19.5 Å². The number of carbonyl (C=O) groups is 1. The van der Waals surface area contributed by atoms with Crippen molar-refractivity contribution < 1.29 is 19.0 Å². The average molecular weight is 329 g/mol. The fourth-order valence-electron chi connectivity index (χ4n) is 2.43. The van der Waals surface area contributed by atoms with E-state index in [-0.39, 0.29) is 18.4 Å². The molecule has 0 aliphatic rings. The van der Waals surface area contributed by atoms with Crippen molar-refractivity contribution in [2.45, 2.75) is 19.4 Å². The van der Waals surface area contributed by atoms with Crippen molar-refractivity contribution in [2.75, 3.05) is 26.1 Å². The molecule has 1 unspecified atom stereocenters. The molecule has 0 aliphatic carbocycles. The van der Waals surface area contributed by atoms with Gasteiger partial charge in [-0.3, -0.25) is 4.79 Å². The number of esters is 1. The Labute approximate surface area is 142 Å². The second kappa shape index (κ2) is 8.82. The van der Waals surface area contributed by atoms with Crippen LogP contribution >= 0.6 is 0 Å². The number of benzene rings is 2. The molecule has 2 aromatic carbocycles. The lowest BCUT2D eigenvalue weighted by Gasteiger charge is -2.21. The van der Waals surface area contributed by atoms with Crippen LogP contribution in [0.3, 0.4) is 0 Å². The van der Waals surface area contributed by atoms with Gasteiger partial charge in [-0.15, -0.1) is 0 Å². The molecular weight excluding hydrogens is 306 g/mol. The van der Waals surface area contributed by atoms with E-state index in [1.165, 1.54) is 0 Å². The minimum Gasteiger partial charge on any atom is -0.497 e. The van der Waals surface area contributed by atoms with E-state index in [1.807, 2.05) is 42.5 Å². The standard InChI is InChI=1S/C19H23NO4/c1-4-24-19(21)13-17(14-8-6-5-7-9-14)20-16-11-10-15(22-2)12-18(16)23-3/h5-12,17,20H,4,13H2,1-3H3. The van der Waals surface area contributed by atoms with Crippen LogP contribution in [0.5, 0.6) is 11.5 Å². The van der Waals surface area contributed by atoms with E-state index in [9.17, 15) is 4.79 Å². The van der Waals surface area contributed by atoms with Crippen molar-refractivity contribution in [1.82, 2.24) is 0 Å². The Hall–Kier alpha value is -2.69. The summed E-state index contributed by atoms with van der Waals surface area (Å²) >= 11 is 0. The molecule has 5 nitrogen and oxygen atoms in total. The minimum atomic E-state index is -0.244. The molecule has 2 rings (SSSR count). The molecule has 0 spiro atoms. The van der Waals surface area contributed by atoms with Gasteiger partial charge in [0.25, 0.3) is 0 Å². The number of methoxy groups -OCH3 is 2. The second-order valence-electron chi connectivity index (χ2n) is 5.18. The monoisotopic (exact) mass is 329 g/mol. The first kappa shape index (κ1) is 17.7. The summed E-state index contributed by atoms with van der Waals surface area (Å²) in [5.74, 6) is 1.12. The molecule has 128 valence electrons.